The number of anilines is 2. The minimum absolute atomic E-state index is 0.171. The van der Waals surface area contributed by atoms with E-state index < -0.39 is 22.0 Å². The van der Waals surface area contributed by atoms with Crippen molar-refractivity contribution in [2.24, 2.45) is 0 Å². The summed E-state index contributed by atoms with van der Waals surface area (Å²) in [6.45, 7) is 1.47. The van der Waals surface area contributed by atoms with Crippen LogP contribution in [0.5, 0.6) is 5.75 Å². The Hall–Kier alpha value is -2.76. The third-order valence-electron chi connectivity index (χ3n) is 3.97. The highest BCUT2D eigenvalue weighted by Crippen LogP contribution is 2.34. The summed E-state index contributed by atoms with van der Waals surface area (Å²) in [7, 11) is -2.42. The van der Waals surface area contributed by atoms with Crippen molar-refractivity contribution >= 4 is 38.9 Å². The number of halogens is 1. The van der Waals surface area contributed by atoms with Crippen molar-refractivity contribution in [2.45, 2.75) is 19.4 Å². The number of nitrogens with one attached hydrogen (secondary N) is 1. The highest BCUT2D eigenvalue weighted by atomic mass is 35.5. The van der Waals surface area contributed by atoms with E-state index in [1.165, 1.54) is 26.2 Å². The molecule has 9 heteroatoms. The molecule has 1 amide bonds. The molecule has 0 spiro atoms. The first-order chi connectivity index (χ1) is 13.2. The van der Waals surface area contributed by atoms with Gasteiger partial charge in [-0.25, -0.2) is 8.42 Å². The standard InChI is InChI=1S/C19H20ClN3O4S/c1-13(19(24)22-16-7-4-14(5-8-16)10-11-21)23(28(3,25)26)17-12-15(20)6-9-18(17)27-2/h4-9,12-13H,10H2,1-3H3,(H,22,24)/t13-/m0/s1. The molecule has 0 aliphatic heterocycles. The molecule has 0 bridgehead atoms. The maximum atomic E-state index is 12.7. The van der Waals surface area contributed by atoms with E-state index in [2.05, 4.69) is 5.32 Å². The molecule has 0 radical (unpaired) electrons. The Labute approximate surface area is 169 Å². The predicted octanol–water partition coefficient (Wildman–Crippen LogP) is 3.21. The number of ether oxygens (including phenoxy) is 1. The van der Waals surface area contributed by atoms with Gasteiger partial charge in [0, 0.05) is 10.7 Å². The number of nitriles is 1. The summed E-state index contributed by atoms with van der Waals surface area (Å²) >= 11 is 6.02. The smallest absolute Gasteiger partial charge is 0.247 e. The third kappa shape index (κ3) is 5.15. The van der Waals surface area contributed by atoms with Crippen LogP contribution in [0.4, 0.5) is 11.4 Å². The first-order valence-corrected chi connectivity index (χ1v) is 10.5. The van der Waals surface area contributed by atoms with Gasteiger partial charge in [0.2, 0.25) is 15.9 Å². The fourth-order valence-corrected chi connectivity index (χ4v) is 4.00. The van der Waals surface area contributed by atoms with Gasteiger partial charge in [-0.2, -0.15) is 5.26 Å². The van der Waals surface area contributed by atoms with Crippen molar-refractivity contribution in [2.75, 3.05) is 23.0 Å². The molecule has 148 valence electrons. The second kappa shape index (κ2) is 8.95. The van der Waals surface area contributed by atoms with Crippen LogP contribution in [0, 0.1) is 11.3 Å². The molecule has 0 unspecified atom stereocenters. The molecule has 0 aliphatic rings. The van der Waals surface area contributed by atoms with Gasteiger partial charge in [-0.15, -0.1) is 0 Å². The van der Waals surface area contributed by atoms with Crippen LogP contribution in [0.2, 0.25) is 5.02 Å². The minimum atomic E-state index is -3.82. The highest BCUT2D eigenvalue weighted by molar-refractivity contribution is 7.92. The number of hydrogen-bond donors (Lipinski definition) is 1. The fraction of sp³-hybridized carbons (Fsp3) is 0.263. The van der Waals surface area contributed by atoms with Crippen LogP contribution in [0.3, 0.4) is 0 Å². The molecular weight excluding hydrogens is 402 g/mol. The molecule has 0 aliphatic carbocycles. The average molecular weight is 422 g/mol. The maximum Gasteiger partial charge on any atom is 0.247 e. The van der Waals surface area contributed by atoms with Gasteiger partial charge in [0.05, 0.1) is 31.5 Å². The van der Waals surface area contributed by atoms with Gasteiger partial charge in [0.15, 0.2) is 0 Å². The zero-order valence-electron chi connectivity index (χ0n) is 15.6. The Morgan fingerprint density at radius 2 is 1.93 bits per heavy atom. The molecule has 2 aromatic rings. The lowest BCUT2D eigenvalue weighted by Crippen LogP contribution is -2.45. The first kappa shape index (κ1) is 21.5. The second-order valence-electron chi connectivity index (χ2n) is 6.07. The normalized spacial score (nSPS) is 12.0. The Balaban J connectivity index is 2.33. The van der Waals surface area contributed by atoms with Crippen LogP contribution in [-0.2, 0) is 21.2 Å². The van der Waals surface area contributed by atoms with Crippen LogP contribution in [-0.4, -0.2) is 33.7 Å². The van der Waals surface area contributed by atoms with Gasteiger partial charge in [-0.3, -0.25) is 9.10 Å². The van der Waals surface area contributed by atoms with Crippen LogP contribution >= 0.6 is 11.6 Å². The van der Waals surface area contributed by atoms with Gasteiger partial charge in [0.25, 0.3) is 0 Å². The van der Waals surface area contributed by atoms with E-state index in [0.717, 1.165) is 16.1 Å². The number of carbonyl (C=O) groups excluding carboxylic acids is 1. The first-order valence-electron chi connectivity index (χ1n) is 8.27. The number of methoxy groups -OCH3 is 1. The van der Waals surface area contributed by atoms with Crippen LogP contribution in [0.15, 0.2) is 42.5 Å². The van der Waals surface area contributed by atoms with E-state index in [9.17, 15) is 13.2 Å². The zero-order chi connectivity index (χ0) is 20.9. The van der Waals surface area contributed by atoms with Crippen molar-refractivity contribution in [3.63, 3.8) is 0 Å². The fourth-order valence-electron chi connectivity index (χ4n) is 2.66. The molecule has 0 aromatic heterocycles. The van der Waals surface area contributed by atoms with E-state index >= 15 is 0 Å². The Morgan fingerprint density at radius 1 is 1.29 bits per heavy atom. The molecular formula is C19H20ClN3O4S. The molecule has 2 rings (SSSR count). The lowest BCUT2D eigenvalue weighted by molar-refractivity contribution is -0.116. The lowest BCUT2D eigenvalue weighted by atomic mass is 10.1. The van der Waals surface area contributed by atoms with E-state index in [-0.39, 0.29) is 17.9 Å². The van der Waals surface area contributed by atoms with Gasteiger partial charge in [-0.1, -0.05) is 23.7 Å². The number of benzene rings is 2. The van der Waals surface area contributed by atoms with Crippen LogP contribution in [0.1, 0.15) is 12.5 Å². The van der Waals surface area contributed by atoms with Crippen molar-refractivity contribution in [1.29, 1.82) is 5.26 Å². The van der Waals surface area contributed by atoms with Gasteiger partial charge >= 0.3 is 0 Å². The van der Waals surface area contributed by atoms with E-state index in [0.29, 0.717) is 10.7 Å². The van der Waals surface area contributed by atoms with Crippen molar-refractivity contribution in [3.8, 4) is 11.8 Å². The number of nitrogens with zero attached hydrogens (tertiary/aromatic N) is 2. The van der Waals surface area contributed by atoms with E-state index in [4.69, 9.17) is 21.6 Å². The summed E-state index contributed by atoms with van der Waals surface area (Å²) in [5.74, 6) is -0.254. The van der Waals surface area contributed by atoms with Crippen LogP contribution in [0.25, 0.3) is 0 Å². The number of rotatable bonds is 7. The Morgan fingerprint density at radius 3 is 2.46 bits per heavy atom. The molecule has 1 atom stereocenters. The SMILES string of the molecule is COc1ccc(Cl)cc1N([C@@H](C)C(=O)Nc1ccc(CC#N)cc1)S(C)(=O)=O. The highest BCUT2D eigenvalue weighted by Gasteiger charge is 2.31. The Kier molecular flexibility index (Phi) is 6.89. The number of hydrogen-bond acceptors (Lipinski definition) is 5. The van der Waals surface area contributed by atoms with Crippen molar-refractivity contribution in [3.05, 3.63) is 53.1 Å². The molecule has 1 N–H and O–H groups in total. The van der Waals surface area contributed by atoms with Crippen molar-refractivity contribution < 1.29 is 17.9 Å². The Bertz CT molecular complexity index is 1000. The van der Waals surface area contributed by atoms with Gasteiger partial charge in [-0.05, 0) is 42.8 Å². The number of carbonyl (C=O) groups is 1. The lowest BCUT2D eigenvalue weighted by Gasteiger charge is -2.29. The molecule has 0 saturated carbocycles. The number of sulfonamides is 1. The third-order valence-corrected chi connectivity index (χ3v) is 5.43. The molecule has 28 heavy (non-hydrogen) atoms. The van der Waals surface area contributed by atoms with Gasteiger partial charge in [0.1, 0.15) is 11.8 Å². The van der Waals surface area contributed by atoms with Gasteiger partial charge < -0.3 is 10.1 Å². The quantitative estimate of drug-likeness (QED) is 0.739. The van der Waals surface area contributed by atoms with E-state index in [1.54, 1.807) is 30.3 Å². The summed E-state index contributed by atoms with van der Waals surface area (Å²) in [5, 5.41) is 11.7. The molecule has 0 fully saturated rings. The summed E-state index contributed by atoms with van der Waals surface area (Å²) in [6, 6.07) is 12.3. The summed E-state index contributed by atoms with van der Waals surface area (Å²) in [5.41, 5.74) is 1.48. The molecule has 7 nitrogen and oxygen atoms in total. The average Bonchev–Trinajstić information content (AvgIpc) is 2.62. The largest absolute Gasteiger partial charge is 0.495 e. The van der Waals surface area contributed by atoms with Crippen LogP contribution < -0.4 is 14.4 Å². The number of amides is 1. The molecule has 2 aromatic carbocycles. The van der Waals surface area contributed by atoms with Crippen molar-refractivity contribution in [1.82, 2.24) is 0 Å². The predicted molar refractivity (Wildman–Crippen MR) is 109 cm³/mol. The molecule has 0 heterocycles. The second-order valence-corrected chi connectivity index (χ2v) is 8.37. The minimum Gasteiger partial charge on any atom is -0.495 e. The summed E-state index contributed by atoms with van der Waals surface area (Å²) in [4.78, 5) is 12.7. The summed E-state index contributed by atoms with van der Waals surface area (Å²) in [6.07, 6.45) is 1.27. The monoisotopic (exact) mass is 421 g/mol. The summed E-state index contributed by atoms with van der Waals surface area (Å²) < 4.78 is 31.1. The zero-order valence-corrected chi connectivity index (χ0v) is 17.2. The molecule has 0 saturated heterocycles. The topological polar surface area (TPSA) is 99.5 Å². The van der Waals surface area contributed by atoms with E-state index in [1.807, 2.05) is 6.07 Å². The maximum absolute atomic E-state index is 12.7.